The van der Waals surface area contributed by atoms with Gasteiger partial charge in [-0.3, -0.25) is 4.90 Å². The van der Waals surface area contributed by atoms with E-state index in [9.17, 15) is 0 Å². The first-order valence-corrected chi connectivity index (χ1v) is 8.03. The molecule has 0 aromatic rings. The Kier molecular flexibility index (Phi) is 4.94. The second-order valence-electron chi connectivity index (χ2n) is 6.69. The molecule has 0 bridgehead atoms. The highest BCUT2D eigenvalue weighted by molar-refractivity contribution is 4.88. The van der Waals surface area contributed by atoms with E-state index in [2.05, 4.69) is 28.8 Å². The van der Waals surface area contributed by atoms with Gasteiger partial charge in [-0.15, -0.1) is 0 Å². The molecule has 3 aliphatic rings. The van der Waals surface area contributed by atoms with Gasteiger partial charge in [0.15, 0.2) is 0 Å². The van der Waals surface area contributed by atoms with E-state index in [0.717, 1.165) is 51.9 Å². The van der Waals surface area contributed by atoms with Gasteiger partial charge in [0, 0.05) is 38.8 Å². The summed E-state index contributed by atoms with van der Waals surface area (Å²) in [6.07, 6.45) is 1.70. The molecule has 3 heterocycles. The standard InChI is InChI=1S/C15H29N3O2/c1-16-5-8-20-14(10-16)11-18-4-3-13(9-18)15-12-19-7-6-17(15)2/h13-15H,3-12H2,1-2H3. The van der Waals surface area contributed by atoms with E-state index in [1.165, 1.54) is 19.5 Å². The van der Waals surface area contributed by atoms with Crippen LogP contribution in [0.1, 0.15) is 6.42 Å². The minimum atomic E-state index is 0.396. The number of hydrogen-bond acceptors (Lipinski definition) is 5. The van der Waals surface area contributed by atoms with Crippen molar-refractivity contribution in [1.82, 2.24) is 14.7 Å². The third kappa shape index (κ3) is 3.52. The lowest BCUT2D eigenvalue weighted by Gasteiger charge is -2.37. The molecule has 3 rings (SSSR count). The third-order valence-electron chi connectivity index (χ3n) is 5.10. The molecule has 3 aliphatic heterocycles. The van der Waals surface area contributed by atoms with E-state index in [4.69, 9.17) is 9.47 Å². The summed E-state index contributed by atoms with van der Waals surface area (Å²) in [5.41, 5.74) is 0. The summed E-state index contributed by atoms with van der Waals surface area (Å²) >= 11 is 0. The Morgan fingerprint density at radius 1 is 1.05 bits per heavy atom. The fourth-order valence-corrected chi connectivity index (χ4v) is 3.81. The van der Waals surface area contributed by atoms with Gasteiger partial charge < -0.3 is 19.3 Å². The van der Waals surface area contributed by atoms with Crippen LogP contribution in [-0.2, 0) is 9.47 Å². The van der Waals surface area contributed by atoms with Crippen molar-refractivity contribution in [3.05, 3.63) is 0 Å². The molecule has 3 fully saturated rings. The molecule has 20 heavy (non-hydrogen) atoms. The Bertz CT molecular complexity index is 315. The maximum absolute atomic E-state index is 5.89. The molecule has 3 saturated heterocycles. The van der Waals surface area contributed by atoms with Crippen LogP contribution >= 0.6 is 0 Å². The van der Waals surface area contributed by atoms with Crippen molar-refractivity contribution in [3.8, 4) is 0 Å². The highest BCUT2D eigenvalue weighted by Crippen LogP contribution is 2.25. The molecule has 3 atom stereocenters. The number of ether oxygens (including phenoxy) is 2. The quantitative estimate of drug-likeness (QED) is 0.725. The zero-order chi connectivity index (χ0) is 13.9. The summed E-state index contributed by atoms with van der Waals surface area (Å²) in [5, 5.41) is 0. The lowest BCUT2D eigenvalue weighted by Crippen LogP contribution is -2.48. The molecule has 0 aromatic carbocycles. The van der Waals surface area contributed by atoms with E-state index in [-0.39, 0.29) is 0 Å². The van der Waals surface area contributed by atoms with E-state index in [1.54, 1.807) is 0 Å². The van der Waals surface area contributed by atoms with Gasteiger partial charge >= 0.3 is 0 Å². The summed E-state index contributed by atoms with van der Waals surface area (Å²) in [6.45, 7) is 9.45. The zero-order valence-corrected chi connectivity index (χ0v) is 13.0. The lowest BCUT2D eigenvalue weighted by atomic mass is 9.97. The van der Waals surface area contributed by atoms with Crippen LogP contribution in [0.5, 0.6) is 0 Å². The molecule has 5 heteroatoms. The Morgan fingerprint density at radius 2 is 1.95 bits per heavy atom. The van der Waals surface area contributed by atoms with Crippen LogP contribution in [0.3, 0.4) is 0 Å². The first-order valence-electron chi connectivity index (χ1n) is 8.03. The normalized spacial score (nSPS) is 38.4. The second kappa shape index (κ2) is 6.71. The van der Waals surface area contributed by atoms with Crippen LogP contribution in [-0.4, -0.2) is 100 Å². The first kappa shape index (κ1) is 14.7. The minimum absolute atomic E-state index is 0.396. The molecule has 116 valence electrons. The lowest BCUT2D eigenvalue weighted by molar-refractivity contribution is -0.0363. The van der Waals surface area contributed by atoms with Crippen molar-refractivity contribution in [1.29, 1.82) is 0 Å². The van der Waals surface area contributed by atoms with E-state index >= 15 is 0 Å². The molecular weight excluding hydrogens is 254 g/mol. The molecule has 0 aliphatic carbocycles. The first-order chi connectivity index (χ1) is 9.72. The molecule has 3 unspecified atom stereocenters. The summed E-state index contributed by atoms with van der Waals surface area (Å²) in [4.78, 5) is 7.46. The Hall–Kier alpha value is -0.200. The predicted octanol–water partition coefficient (Wildman–Crippen LogP) is -0.0305. The molecule has 0 amide bonds. The molecule has 0 aromatic heterocycles. The van der Waals surface area contributed by atoms with Crippen molar-refractivity contribution in [2.24, 2.45) is 5.92 Å². The van der Waals surface area contributed by atoms with Crippen molar-refractivity contribution in [2.75, 3.05) is 73.2 Å². The molecule has 0 radical (unpaired) electrons. The average molecular weight is 283 g/mol. The van der Waals surface area contributed by atoms with Gasteiger partial charge in [0.05, 0.1) is 25.9 Å². The topological polar surface area (TPSA) is 28.2 Å². The molecule has 0 saturated carbocycles. The number of rotatable bonds is 3. The SMILES string of the molecule is CN1CCOC(CN2CCC(C3COCCN3C)C2)C1. The number of likely N-dealkylation sites (N-methyl/N-ethyl adjacent to an activating group) is 2. The summed E-state index contributed by atoms with van der Waals surface area (Å²) in [7, 11) is 4.44. The second-order valence-corrected chi connectivity index (χ2v) is 6.69. The minimum Gasteiger partial charge on any atom is -0.378 e. The van der Waals surface area contributed by atoms with Gasteiger partial charge in [-0.25, -0.2) is 0 Å². The smallest absolute Gasteiger partial charge is 0.0829 e. The summed E-state index contributed by atoms with van der Waals surface area (Å²) in [5.74, 6) is 0.765. The molecule has 0 spiro atoms. The summed E-state index contributed by atoms with van der Waals surface area (Å²) < 4.78 is 11.6. The van der Waals surface area contributed by atoms with Crippen molar-refractivity contribution >= 4 is 0 Å². The Morgan fingerprint density at radius 3 is 2.75 bits per heavy atom. The van der Waals surface area contributed by atoms with Crippen LogP contribution in [0.4, 0.5) is 0 Å². The predicted molar refractivity (Wildman–Crippen MR) is 79.0 cm³/mol. The van der Waals surface area contributed by atoms with E-state index in [1.807, 2.05) is 0 Å². The maximum atomic E-state index is 5.89. The monoisotopic (exact) mass is 283 g/mol. The molecule has 5 nitrogen and oxygen atoms in total. The van der Waals surface area contributed by atoms with Crippen molar-refractivity contribution in [2.45, 2.75) is 18.6 Å². The van der Waals surface area contributed by atoms with Gasteiger partial charge in [0.2, 0.25) is 0 Å². The average Bonchev–Trinajstić information content (AvgIpc) is 2.87. The van der Waals surface area contributed by atoms with E-state index < -0.39 is 0 Å². The van der Waals surface area contributed by atoms with Crippen molar-refractivity contribution < 1.29 is 9.47 Å². The van der Waals surface area contributed by atoms with Gasteiger partial charge in [-0.1, -0.05) is 0 Å². The number of likely N-dealkylation sites (tertiary alicyclic amines) is 1. The fourth-order valence-electron chi connectivity index (χ4n) is 3.81. The Labute approximate surface area is 122 Å². The van der Waals surface area contributed by atoms with Crippen LogP contribution in [0.15, 0.2) is 0 Å². The highest BCUT2D eigenvalue weighted by atomic mass is 16.5. The molecular formula is C15H29N3O2. The fraction of sp³-hybridized carbons (Fsp3) is 1.00. The van der Waals surface area contributed by atoms with Gasteiger partial charge in [-0.2, -0.15) is 0 Å². The van der Waals surface area contributed by atoms with Crippen LogP contribution in [0.2, 0.25) is 0 Å². The maximum Gasteiger partial charge on any atom is 0.0829 e. The Balaban J connectivity index is 1.46. The third-order valence-corrected chi connectivity index (χ3v) is 5.10. The number of hydrogen-bond donors (Lipinski definition) is 0. The van der Waals surface area contributed by atoms with E-state index in [0.29, 0.717) is 12.1 Å². The van der Waals surface area contributed by atoms with Crippen LogP contribution in [0, 0.1) is 5.92 Å². The zero-order valence-electron chi connectivity index (χ0n) is 13.0. The van der Waals surface area contributed by atoms with Crippen LogP contribution in [0.25, 0.3) is 0 Å². The number of nitrogens with zero attached hydrogens (tertiary/aromatic N) is 3. The van der Waals surface area contributed by atoms with Gasteiger partial charge in [0.25, 0.3) is 0 Å². The largest absolute Gasteiger partial charge is 0.378 e. The number of morpholine rings is 2. The summed E-state index contributed by atoms with van der Waals surface area (Å²) in [6, 6.07) is 0.615. The molecule has 0 N–H and O–H groups in total. The van der Waals surface area contributed by atoms with Crippen molar-refractivity contribution in [3.63, 3.8) is 0 Å². The van der Waals surface area contributed by atoms with Gasteiger partial charge in [0.1, 0.15) is 0 Å². The highest BCUT2D eigenvalue weighted by Gasteiger charge is 2.34. The van der Waals surface area contributed by atoms with Crippen LogP contribution < -0.4 is 0 Å². The van der Waals surface area contributed by atoms with Gasteiger partial charge in [-0.05, 0) is 33.0 Å².